The van der Waals surface area contributed by atoms with Gasteiger partial charge >= 0.3 is 12.0 Å². The van der Waals surface area contributed by atoms with E-state index >= 15 is 0 Å². The second-order valence-corrected chi connectivity index (χ2v) is 5.61. The molecule has 0 saturated carbocycles. The lowest BCUT2D eigenvalue weighted by Crippen LogP contribution is -2.54. The van der Waals surface area contributed by atoms with Gasteiger partial charge in [0.1, 0.15) is 0 Å². The quantitative estimate of drug-likeness (QED) is 0.890. The molecule has 0 bridgehead atoms. The van der Waals surface area contributed by atoms with Crippen LogP contribution in [0.2, 0.25) is 0 Å². The van der Waals surface area contributed by atoms with Crippen molar-refractivity contribution in [2.75, 3.05) is 36.4 Å². The lowest BCUT2D eigenvalue weighted by molar-refractivity contribution is -0.145. The van der Waals surface area contributed by atoms with Crippen molar-refractivity contribution in [3.05, 3.63) is 24.3 Å². The summed E-state index contributed by atoms with van der Waals surface area (Å²) < 4.78 is 0. The number of carbonyl (C=O) groups is 2. The maximum Gasteiger partial charge on any atom is 0.321 e. The number of amides is 2. The van der Waals surface area contributed by atoms with Gasteiger partial charge in [-0.3, -0.25) is 4.79 Å². The van der Waals surface area contributed by atoms with Gasteiger partial charge in [-0.1, -0.05) is 0 Å². The fourth-order valence-corrected chi connectivity index (χ4v) is 2.73. The van der Waals surface area contributed by atoms with Crippen LogP contribution in [0, 0.1) is 5.92 Å². The summed E-state index contributed by atoms with van der Waals surface area (Å²) in [7, 11) is 0. The number of anilines is 2. The first kappa shape index (κ1) is 13.7. The number of aliphatic carboxylic acids is 1. The third-order valence-electron chi connectivity index (χ3n) is 4.11. The van der Waals surface area contributed by atoms with E-state index in [9.17, 15) is 9.59 Å². The van der Waals surface area contributed by atoms with E-state index in [0.717, 1.165) is 18.8 Å². The van der Waals surface area contributed by atoms with E-state index < -0.39 is 11.9 Å². The Hall–Kier alpha value is -2.24. The van der Waals surface area contributed by atoms with Crippen LogP contribution in [-0.2, 0) is 4.79 Å². The molecule has 1 aromatic rings. The number of hydrogen-bond acceptors (Lipinski definition) is 3. The lowest BCUT2D eigenvalue weighted by atomic mass is 10.0. The maximum absolute atomic E-state index is 11.9. The highest BCUT2D eigenvalue weighted by molar-refractivity contribution is 5.91. The molecule has 3 rings (SSSR count). The van der Waals surface area contributed by atoms with Crippen LogP contribution in [0.25, 0.3) is 0 Å². The van der Waals surface area contributed by atoms with E-state index in [2.05, 4.69) is 10.2 Å². The fraction of sp³-hybridized carbons (Fsp3) is 0.467. The molecule has 2 aliphatic heterocycles. The molecule has 0 aliphatic carbocycles. The Morgan fingerprint density at radius 2 is 1.71 bits per heavy atom. The largest absolute Gasteiger partial charge is 0.481 e. The number of nitrogens with one attached hydrogen (secondary N) is 1. The molecule has 21 heavy (non-hydrogen) atoms. The van der Waals surface area contributed by atoms with Gasteiger partial charge in [-0.05, 0) is 37.1 Å². The Balaban J connectivity index is 1.53. The van der Waals surface area contributed by atoms with Crippen molar-refractivity contribution >= 4 is 23.4 Å². The molecule has 6 heteroatoms. The zero-order valence-corrected chi connectivity index (χ0v) is 11.8. The first-order valence-electron chi connectivity index (χ1n) is 7.27. The molecule has 0 spiro atoms. The fourth-order valence-electron chi connectivity index (χ4n) is 2.73. The van der Waals surface area contributed by atoms with E-state index in [0.29, 0.717) is 0 Å². The molecule has 2 N–H and O–H groups in total. The van der Waals surface area contributed by atoms with Crippen LogP contribution >= 0.6 is 0 Å². The van der Waals surface area contributed by atoms with Crippen LogP contribution < -0.4 is 10.2 Å². The number of rotatable bonds is 3. The number of carboxylic acids is 1. The molecule has 0 aromatic heterocycles. The number of hydrogen-bond donors (Lipinski definition) is 2. The monoisotopic (exact) mass is 289 g/mol. The van der Waals surface area contributed by atoms with Crippen molar-refractivity contribution in [2.45, 2.75) is 12.8 Å². The smallest absolute Gasteiger partial charge is 0.321 e. The molecule has 2 fully saturated rings. The molecule has 2 aliphatic rings. The Morgan fingerprint density at radius 1 is 1.10 bits per heavy atom. The van der Waals surface area contributed by atoms with E-state index in [4.69, 9.17) is 5.11 Å². The predicted molar refractivity (Wildman–Crippen MR) is 79.6 cm³/mol. The summed E-state index contributed by atoms with van der Waals surface area (Å²) in [6.07, 6.45) is 2.47. The predicted octanol–water partition coefficient (Wildman–Crippen LogP) is 1.84. The molecular weight excluding hydrogens is 270 g/mol. The minimum absolute atomic E-state index is 0.235. The first-order chi connectivity index (χ1) is 10.1. The zero-order chi connectivity index (χ0) is 14.8. The number of nitrogens with zero attached hydrogens (tertiary/aromatic N) is 2. The first-order valence-corrected chi connectivity index (χ1v) is 7.27. The van der Waals surface area contributed by atoms with Gasteiger partial charge in [0.2, 0.25) is 0 Å². The summed E-state index contributed by atoms with van der Waals surface area (Å²) in [6, 6.07) is 7.57. The summed E-state index contributed by atoms with van der Waals surface area (Å²) in [5.41, 5.74) is 1.92. The second-order valence-electron chi connectivity index (χ2n) is 5.61. The van der Waals surface area contributed by atoms with Crippen LogP contribution in [0.3, 0.4) is 0 Å². The molecular formula is C15H19N3O3. The summed E-state index contributed by atoms with van der Waals surface area (Å²) in [4.78, 5) is 26.5. The lowest BCUT2D eigenvalue weighted by Gasteiger charge is -2.36. The highest BCUT2D eigenvalue weighted by Gasteiger charge is 2.35. The van der Waals surface area contributed by atoms with Crippen molar-refractivity contribution in [1.82, 2.24) is 4.90 Å². The van der Waals surface area contributed by atoms with E-state index in [1.807, 2.05) is 24.3 Å². The van der Waals surface area contributed by atoms with Gasteiger partial charge in [-0.25, -0.2) is 4.79 Å². The average Bonchev–Trinajstić information content (AvgIpc) is 2.91. The van der Waals surface area contributed by atoms with E-state index in [1.165, 1.54) is 23.4 Å². The number of urea groups is 1. The molecule has 0 unspecified atom stereocenters. The zero-order valence-electron chi connectivity index (χ0n) is 11.8. The molecule has 0 atom stereocenters. The molecule has 1 aromatic carbocycles. The summed E-state index contributed by atoms with van der Waals surface area (Å²) in [6.45, 7) is 2.76. The minimum atomic E-state index is -0.839. The van der Waals surface area contributed by atoms with Crippen molar-refractivity contribution < 1.29 is 14.7 Å². The van der Waals surface area contributed by atoms with Crippen LogP contribution in [-0.4, -0.2) is 48.2 Å². The van der Waals surface area contributed by atoms with Gasteiger partial charge in [0.05, 0.1) is 5.92 Å². The van der Waals surface area contributed by atoms with Gasteiger partial charge in [0, 0.05) is 37.6 Å². The van der Waals surface area contributed by atoms with Gasteiger partial charge in [0.15, 0.2) is 0 Å². The Labute approximate surface area is 123 Å². The topological polar surface area (TPSA) is 72.9 Å². The molecule has 2 saturated heterocycles. The Morgan fingerprint density at radius 3 is 2.29 bits per heavy atom. The van der Waals surface area contributed by atoms with Crippen molar-refractivity contribution in [3.63, 3.8) is 0 Å². The van der Waals surface area contributed by atoms with Crippen LogP contribution in [0.15, 0.2) is 24.3 Å². The van der Waals surface area contributed by atoms with Crippen LogP contribution in [0.4, 0.5) is 16.2 Å². The maximum atomic E-state index is 11.9. The number of benzene rings is 1. The minimum Gasteiger partial charge on any atom is -0.481 e. The third-order valence-corrected chi connectivity index (χ3v) is 4.11. The molecule has 112 valence electrons. The van der Waals surface area contributed by atoms with Gasteiger partial charge < -0.3 is 20.2 Å². The standard InChI is InChI=1S/C15H19N3O3/c19-14(20)11-9-18(10-11)15(21)16-12-3-5-13(6-4-12)17-7-1-2-8-17/h3-6,11H,1-2,7-10H2,(H,16,21)(H,19,20). The van der Waals surface area contributed by atoms with Gasteiger partial charge in [-0.2, -0.15) is 0 Å². The molecule has 0 radical (unpaired) electrons. The van der Waals surface area contributed by atoms with Crippen LogP contribution in [0.1, 0.15) is 12.8 Å². The number of carboxylic acid groups (broad SMARTS) is 1. The van der Waals surface area contributed by atoms with Crippen molar-refractivity contribution in [3.8, 4) is 0 Å². The summed E-state index contributed by atoms with van der Waals surface area (Å²) in [5.74, 6) is -1.26. The summed E-state index contributed by atoms with van der Waals surface area (Å²) >= 11 is 0. The Bertz CT molecular complexity index is 532. The second kappa shape index (κ2) is 5.63. The Kier molecular flexibility index (Phi) is 3.68. The SMILES string of the molecule is O=C(O)C1CN(C(=O)Nc2ccc(N3CCCC3)cc2)C1. The number of carbonyl (C=O) groups excluding carboxylic acids is 1. The van der Waals surface area contributed by atoms with Crippen molar-refractivity contribution in [2.24, 2.45) is 5.92 Å². The van der Waals surface area contributed by atoms with Gasteiger partial charge in [-0.15, -0.1) is 0 Å². The third kappa shape index (κ3) is 2.94. The summed E-state index contributed by atoms with van der Waals surface area (Å²) in [5, 5.41) is 11.6. The van der Waals surface area contributed by atoms with Crippen molar-refractivity contribution in [1.29, 1.82) is 0 Å². The van der Waals surface area contributed by atoms with E-state index in [-0.39, 0.29) is 19.1 Å². The van der Waals surface area contributed by atoms with Crippen LogP contribution in [0.5, 0.6) is 0 Å². The highest BCUT2D eigenvalue weighted by Crippen LogP contribution is 2.23. The average molecular weight is 289 g/mol. The molecule has 6 nitrogen and oxygen atoms in total. The molecule has 2 heterocycles. The normalized spacial score (nSPS) is 18.5. The highest BCUT2D eigenvalue weighted by atomic mass is 16.4. The van der Waals surface area contributed by atoms with E-state index in [1.54, 1.807) is 0 Å². The number of likely N-dealkylation sites (tertiary alicyclic amines) is 1. The van der Waals surface area contributed by atoms with Gasteiger partial charge in [0.25, 0.3) is 0 Å². The molecule has 2 amide bonds.